The van der Waals surface area contributed by atoms with E-state index in [0.717, 1.165) is 6.42 Å². The normalized spacial score (nSPS) is 14.6. The summed E-state index contributed by atoms with van der Waals surface area (Å²) in [6.07, 6.45) is 0.720. The largest absolute Gasteiger partial charge is 0.330 e. The van der Waals surface area contributed by atoms with Crippen LogP contribution in [0.1, 0.15) is 34.1 Å². The molecule has 6 heteroatoms. The summed E-state index contributed by atoms with van der Waals surface area (Å²) in [6.45, 7) is 8.35. The molecule has 0 aromatic carbocycles. The highest BCUT2D eigenvalue weighted by Crippen LogP contribution is 2.19. The molecule has 0 aliphatic rings. The lowest BCUT2D eigenvalue weighted by Crippen LogP contribution is -2.45. The van der Waals surface area contributed by atoms with Gasteiger partial charge in [-0.15, -0.1) is 0 Å². The highest BCUT2D eigenvalue weighted by Gasteiger charge is 2.32. The van der Waals surface area contributed by atoms with Crippen molar-refractivity contribution in [2.75, 3.05) is 19.6 Å². The van der Waals surface area contributed by atoms with E-state index in [2.05, 4.69) is 0 Å². The van der Waals surface area contributed by atoms with Crippen LogP contribution in [-0.4, -0.2) is 37.6 Å². The van der Waals surface area contributed by atoms with Crippen LogP contribution in [0, 0.1) is 16.7 Å². The van der Waals surface area contributed by atoms with Gasteiger partial charge >= 0.3 is 0 Å². The Labute approximate surface area is 105 Å². The number of sulfonamides is 1. The zero-order valence-corrected chi connectivity index (χ0v) is 11.9. The summed E-state index contributed by atoms with van der Waals surface area (Å²) in [5.41, 5.74) is 5.34. The molecule has 0 aliphatic carbocycles. The van der Waals surface area contributed by atoms with Gasteiger partial charge in [0.1, 0.15) is 0 Å². The average Bonchev–Trinajstić information content (AvgIpc) is 2.27. The maximum absolute atomic E-state index is 12.1. The van der Waals surface area contributed by atoms with Gasteiger partial charge in [-0.1, -0.05) is 20.8 Å². The highest BCUT2D eigenvalue weighted by molar-refractivity contribution is 7.89. The molecule has 17 heavy (non-hydrogen) atoms. The minimum absolute atomic E-state index is 0.280. The molecule has 0 heterocycles. The molecular weight excluding hydrogens is 238 g/mol. The first kappa shape index (κ1) is 16.4. The van der Waals surface area contributed by atoms with Crippen LogP contribution in [0.3, 0.4) is 0 Å². The van der Waals surface area contributed by atoms with Crippen LogP contribution < -0.4 is 5.73 Å². The smallest absolute Gasteiger partial charge is 0.230 e. The van der Waals surface area contributed by atoms with Crippen LogP contribution in [0.2, 0.25) is 0 Å². The van der Waals surface area contributed by atoms with E-state index in [4.69, 9.17) is 11.0 Å². The first-order valence-corrected chi connectivity index (χ1v) is 7.30. The summed E-state index contributed by atoms with van der Waals surface area (Å²) in [4.78, 5) is 0. The third-order valence-corrected chi connectivity index (χ3v) is 4.65. The van der Waals surface area contributed by atoms with E-state index in [1.54, 1.807) is 6.07 Å². The second-order valence-electron chi connectivity index (χ2n) is 5.02. The van der Waals surface area contributed by atoms with Crippen molar-refractivity contribution < 1.29 is 8.42 Å². The molecule has 0 amide bonds. The number of hydrogen-bond donors (Lipinski definition) is 1. The summed E-state index contributed by atoms with van der Waals surface area (Å²) < 4.78 is 25.6. The van der Waals surface area contributed by atoms with E-state index < -0.39 is 15.3 Å². The standard InChI is InChI=1S/C11H23N3O2S/c1-5-6-14(9-11(3,4)8-13)17(15,16)10(2)7-12/h10H,5-6,8-9,13H2,1-4H3. The van der Waals surface area contributed by atoms with Gasteiger partial charge in [-0.2, -0.15) is 5.26 Å². The number of rotatable bonds is 7. The van der Waals surface area contributed by atoms with E-state index in [-0.39, 0.29) is 5.41 Å². The Hall–Kier alpha value is -0.640. The maximum Gasteiger partial charge on any atom is 0.230 e. The first-order chi connectivity index (χ1) is 7.71. The molecule has 0 radical (unpaired) electrons. The van der Waals surface area contributed by atoms with Crippen molar-refractivity contribution in [2.24, 2.45) is 11.1 Å². The molecule has 0 rings (SSSR count). The second-order valence-corrected chi connectivity index (χ2v) is 7.27. The van der Waals surface area contributed by atoms with Crippen molar-refractivity contribution in [1.29, 1.82) is 5.26 Å². The van der Waals surface area contributed by atoms with Gasteiger partial charge < -0.3 is 5.73 Å². The Morgan fingerprint density at radius 1 is 1.47 bits per heavy atom. The first-order valence-electron chi connectivity index (χ1n) is 5.80. The Kier molecular flexibility index (Phi) is 6.10. The summed E-state index contributed by atoms with van der Waals surface area (Å²) in [6, 6.07) is 1.79. The molecule has 5 nitrogen and oxygen atoms in total. The highest BCUT2D eigenvalue weighted by atomic mass is 32.2. The van der Waals surface area contributed by atoms with Crippen molar-refractivity contribution in [3.63, 3.8) is 0 Å². The van der Waals surface area contributed by atoms with Gasteiger partial charge in [-0.25, -0.2) is 12.7 Å². The monoisotopic (exact) mass is 261 g/mol. The quantitative estimate of drug-likeness (QED) is 0.738. The minimum Gasteiger partial charge on any atom is -0.330 e. The van der Waals surface area contributed by atoms with Crippen LogP contribution in [0.15, 0.2) is 0 Å². The molecule has 1 atom stereocenters. The Morgan fingerprint density at radius 2 is 2.00 bits per heavy atom. The lowest BCUT2D eigenvalue weighted by atomic mass is 9.94. The van der Waals surface area contributed by atoms with Crippen LogP contribution >= 0.6 is 0 Å². The lowest BCUT2D eigenvalue weighted by molar-refractivity contribution is 0.266. The third kappa shape index (κ3) is 4.62. The van der Waals surface area contributed by atoms with E-state index in [9.17, 15) is 8.42 Å². The predicted molar refractivity (Wildman–Crippen MR) is 68.7 cm³/mol. The molecular formula is C11H23N3O2S. The van der Waals surface area contributed by atoms with Gasteiger partial charge in [0.25, 0.3) is 0 Å². The molecule has 0 saturated heterocycles. The molecule has 0 aromatic heterocycles. The zero-order valence-electron chi connectivity index (χ0n) is 11.1. The minimum atomic E-state index is -3.54. The summed E-state index contributed by atoms with van der Waals surface area (Å²) in [5, 5.41) is 7.75. The number of nitrogens with two attached hydrogens (primary N) is 1. The summed E-state index contributed by atoms with van der Waals surface area (Å²) in [5.74, 6) is 0. The molecule has 0 aromatic rings. The Balaban J connectivity index is 5.06. The van der Waals surface area contributed by atoms with Crippen LogP contribution in [0.25, 0.3) is 0 Å². The molecule has 100 valence electrons. The maximum atomic E-state index is 12.1. The van der Waals surface area contributed by atoms with Crippen LogP contribution in [0.5, 0.6) is 0 Å². The SMILES string of the molecule is CCCN(CC(C)(C)CN)S(=O)(=O)C(C)C#N. The van der Waals surface area contributed by atoms with E-state index >= 15 is 0 Å². The topological polar surface area (TPSA) is 87.2 Å². The van der Waals surface area contributed by atoms with Gasteiger partial charge in [0, 0.05) is 13.1 Å². The van der Waals surface area contributed by atoms with Gasteiger partial charge in [0.2, 0.25) is 10.0 Å². The van der Waals surface area contributed by atoms with Gasteiger partial charge in [-0.05, 0) is 25.3 Å². The molecule has 2 N–H and O–H groups in total. The summed E-state index contributed by atoms with van der Waals surface area (Å²) in [7, 11) is -3.54. The van der Waals surface area contributed by atoms with Gasteiger partial charge in [-0.3, -0.25) is 0 Å². The number of nitrogens with zero attached hydrogens (tertiary/aromatic N) is 2. The van der Waals surface area contributed by atoms with Crippen molar-refractivity contribution in [2.45, 2.75) is 39.4 Å². The second kappa shape index (κ2) is 6.34. The number of hydrogen-bond acceptors (Lipinski definition) is 4. The fourth-order valence-corrected chi connectivity index (χ4v) is 2.92. The van der Waals surface area contributed by atoms with E-state index in [1.807, 2.05) is 20.8 Å². The van der Waals surface area contributed by atoms with E-state index in [1.165, 1.54) is 11.2 Å². The lowest BCUT2D eigenvalue weighted by Gasteiger charge is -2.31. The molecule has 0 fully saturated rings. The third-order valence-electron chi connectivity index (χ3n) is 2.62. The molecule has 0 spiro atoms. The van der Waals surface area contributed by atoms with Crippen molar-refractivity contribution in [3.8, 4) is 6.07 Å². The Morgan fingerprint density at radius 3 is 2.35 bits per heavy atom. The fraction of sp³-hybridized carbons (Fsp3) is 0.909. The van der Waals surface area contributed by atoms with Gasteiger partial charge in [0.15, 0.2) is 5.25 Å². The zero-order chi connectivity index (χ0) is 13.7. The van der Waals surface area contributed by atoms with Crippen LogP contribution in [-0.2, 0) is 10.0 Å². The molecule has 0 bridgehead atoms. The van der Waals surface area contributed by atoms with Crippen LogP contribution in [0.4, 0.5) is 0 Å². The molecule has 0 saturated carbocycles. The average molecular weight is 261 g/mol. The van der Waals surface area contributed by atoms with Gasteiger partial charge in [0.05, 0.1) is 6.07 Å². The Bertz CT molecular complexity index is 371. The van der Waals surface area contributed by atoms with Crippen molar-refractivity contribution in [1.82, 2.24) is 4.31 Å². The molecule has 1 unspecified atom stereocenters. The molecule has 0 aliphatic heterocycles. The predicted octanol–water partition coefficient (Wildman–Crippen LogP) is 0.925. The van der Waals surface area contributed by atoms with Crippen molar-refractivity contribution in [3.05, 3.63) is 0 Å². The van der Waals surface area contributed by atoms with Crippen molar-refractivity contribution >= 4 is 10.0 Å². The van der Waals surface area contributed by atoms with E-state index in [0.29, 0.717) is 19.6 Å². The fourth-order valence-electron chi connectivity index (χ4n) is 1.38. The summed E-state index contributed by atoms with van der Waals surface area (Å²) >= 11 is 0. The number of nitriles is 1.